The summed E-state index contributed by atoms with van der Waals surface area (Å²) in [4.78, 5) is 11.0. The van der Waals surface area contributed by atoms with Gasteiger partial charge in [-0.15, -0.1) is 0 Å². The molecule has 0 aliphatic carbocycles. The zero-order valence-corrected chi connectivity index (χ0v) is 10.9. The molecule has 0 saturated carbocycles. The largest absolute Gasteiger partial charge is 0.466 e. The van der Waals surface area contributed by atoms with Crippen molar-refractivity contribution in [3.63, 3.8) is 0 Å². The minimum absolute atomic E-state index is 0.111. The average molecular weight is 233 g/mol. The monoisotopic (exact) mass is 233 g/mol. The van der Waals surface area contributed by atoms with E-state index in [0.717, 1.165) is 13.0 Å². The van der Waals surface area contributed by atoms with Gasteiger partial charge in [-0.2, -0.15) is 11.8 Å². The first kappa shape index (κ1) is 14.8. The Labute approximate surface area is 97.3 Å². The molecule has 0 aromatic carbocycles. The highest BCUT2D eigenvalue weighted by molar-refractivity contribution is 7.99. The molecule has 4 heteroatoms. The van der Waals surface area contributed by atoms with Gasteiger partial charge in [-0.1, -0.05) is 6.92 Å². The summed E-state index contributed by atoms with van der Waals surface area (Å²) in [5.74, 6) is 2.25. The van der Waals surface area contributed by atoms with Crippen molar-refractivity contribution in [2.24, 2.45) is 0 Å². The number of carbonyl (C=O) groups excluding carboxylic acids is 1. The number of thioether (sulfide) groups is 1. The minimum Gasteiger partial charge on any atom is -0.466 e. The van der Waals surface area contributed by atoms with Crippen LogP contribution < -0.4 is 5.32 Å². The maximum absolute atomic E-state index is 11.0. The number of carbonyl (C=O) groups is 1. The van der Waals surface area contributed by atoms with Gasteiger partial charge in [0.05, 0.1) is 13.0 Å². The number of esters is 1. The zero-order chi connectivity index (χ0) is 11.5. The fourth-order valence-corrected chi connectivity index (χ4v) is 1.97. The molecule has 15 heavy (non-hydrogen) atoms. The normalized spacial score (nSPS) is 12.5. The molecule has 0 amide bonds. The Morgan fingerprint density at radius 1 is 1.47 bits per heavy atom. The molecule has 0 aliphatic rings. The summed E-state index contributed by atoms with van der Waals surface area (Å²) in [6.45, 7) is 7.35. The van der Waals surface area contributed by atoms with Crippen molar-refractivity contribution in [2.45, 2.75) is 39.7 Å². The summed E-state index contributed by atoms with van der Waals surface area (Å²) < 4.78 is 4.84. The summed E-state index contributed by atoms with van der Waals surface area (Å²) in [5.41, 5.74) is 0. The molecule has 0 bridgehead atoms. The number of nitrogens with one attached hydrogen (secondary N) is 1. The van der Waals surface area contributed by atoms with Crippen LogP contribution in [0.1, 0.15) is 33.6 Å². The van der Waals surface area contributed by atoms with Crippen LogP contribution in [0.2, 0.25) is 0 Å². The number of hydrogen-bond acceptors (Lipinski definition) is 4. The molecule has 3 nitrogen and oxygen atoms in total. The van der Waals surface area contributed by atoms with Crippen LogP contribution in [0.3, 0.4) is 0 Å². The van der Waals surface area contributed by atoms with Crippen molar-refractivity contribution < 1.29 is 9.53 Å². The van der Waals surface area contributed by atoms with Crippen LogP contribution in [0, 0.1) is 0 Å². The van der Waals surface area contributed by atoms with E-state index in [9.17, 15) is 4.79 Å². The molecule has 0 aliphatic heterocycles. The highest BCUT2D eigenvalue weighted by Gasteiger charge is 2.04. The first-order valence-electron chi connectivity index (χ1n) is 5.67. The fraction of sp³-hybridized carbons (Fsp3) is 0.909. The van der Waals surface area contributed by atoms with Crippen molar-refractivity contribution in [2.75, 3.05) is 24.7 Å². The predicted octanol–water partition coefficient (Wildman–Crippen LogP) is 2.06. The number of hydrogen-bond donors (Lipinski definition) is 1. The van der Waals surface area contributed by atoms with Gasteiger partial charge in [0.15, 0.2) is 0 Å². The first-order chi connectivity index (χ1) is 7.20. The van der Waals surface area contributed by atoms with Gasteiger partial charge in [0.1, 0.15) is 0 Å². The number of ether oxygens (including phenoxy) is 1. The van der Waals surface area contributed by atoms with Crippen LogP contribution in [0.25, 0.3) is 0 Å². The van der Waals surface area contributed by atoms with Gasteiger partial charge < -0.3 is 10.1 Å². The molecule has 0 saturated heterocycles. The molecule has 0 rings (SSSR count). The molecule has 90 valence electrons. The molecule has 0 spiro atoms. The van der Waals surface area contributed by atoms with E-state index in [2.05, 4.69) is 19.2 Å². The second kappa shape index (κ2) is 10.3. The molecule has 0 aromatic rings. The Morgan fingerprint density at radius 3 is 2.80 bits per heavy atom. The standard InChI is InChI=1S/C11H23NO2S/c1-4-14-11(13)6-8-12-10(3)7-9-15-5-2/h10,12H,4-9H2,1-3H3. The Bertz CT molecular complexity index is 165. The molecular formula is C11H23NO2S. The molecule has 1 N–H and O–H groups in total. The second-order valence-electron chi connectivity index (χ2n) is 3.40. The lowest BCUT2D eigenvalue weighted by Gasteiger charge is -2.12. The van der Waals surface area contributed by atoms with E-state index in [1.54, 1.807) is 0 Å². The third kappa shape index (κ3) is 10.1. The topological polar surface area (TPSA) is 38.3 Å². The highest BCUT2D eigenvalue weighted by Crippen LogP contribution is 2.03. The summed E-state index contributed by atoms with van der Waals surface area (Å²) in [6, 6.07) is 0.485. The number of rotatable bonds is 9. The van der Waals surface area contributed by atoms with Crippen LogP contribution in [0.4, 0.5) is 0 Å². The summed E-state index contributed by atoms with van der Waals surface area (Å²) in [7, 11) is 0. The lowest BCUT2D eigenvalue weighted by atomic mass is 10.2. The zero-order valence-electron chi connectivity index (χ0n) is 10.0. The first-order valence-corrected chi connectivity index (χ1v) is 6.82. The van der Waals surface area contributed by atoms with E-state index in [1.807, 2.05) is 18.7 Å². The van der Waals surface area contributed by atoms with Crippen LogP contribution in [-0.2, 0) is 9.53 Å². The Hall–Kier alpha value is -0.220. The molecular weight excluding hydrogens is 210 g/mol. The van der Waals surface area contributed by atoms with E-state index in [0.29, 0.717) is 19.1 Å². The highest BCUT2D eigenvalue weighted by atomic mass is 32.2. The second-order valence-corrected chi connectivity index (χ2v) is 4.79. The maximum Gasteiger partial charge on any atom is 0.307 e. The molecule has 0 aromatic heterocycles. The fourth-order valence-electron chi connectivity index (χ4n) is 1.16. The van der Waals surface area contributed by atoms with Gasteiger partial charge in [0.25, 0.3) is 0 Å². The van der Waals surface area contributed by atoms with E-state index >= 15 is 0 Å². The van der Waals surface area contributed by atoms with Gasteiger partial charge in [-0.3, -0.25) is 4.79 Å². The van der Waals surface area contributed by atoms with Gasteiger partial charge in [0, 0.05) is 12.6 Å². The molecule has 0 radical (unpaired) electrons. The van der Waals surface area contributed by atoms with E-state index in [1.165, 1.54) is 11.5 Å². The average Bonchev–Trinajstić information content (AvgIpc) is 2.18. The summed E-state index contributed by atoms with van der Waals surface area (Å²) in [6.07, 6.45) is 1.63. The van der Waals surface area contributed by atoms with Crippen LogP contribution in [0.15, 0.2) is 0 Å². The summed E-state index contributed by atoms with van der Waals surface area (Å²) in [5, 5.41) is 3.32. The predicted molar refractivity (Wildman–Crippen MR) is 66.3 cm³/mol. The molecule has 0 heterocycles. The third-order valence-corrected chi connectivity index (χ3v) is 2.96. The lowest BCUT2D eigenvalue weighted by molar-refractivity contribution is -0.142. The van der Waals surface area contributed by atoms with Crippen molar-refractivity contribution in [3.05, 3.63) is 0 Å². The van der Waals surface area contributed by atoms with Gasteiger partial charge in [-0.25, -0.2) is 0 Å². The maximum atomic E-state index is 11.0. The molecule has 1 unspecified atom stereocenters. The van der Waals surface area contributed by atoms with E-state index < -0.39 is 0 Å². The van der Waals surface area contributed by atoms with Crippen LogP contribution in [0.5, 0.6) is 0 Å². The van der Waals surface area contributed by atoms with Crippen molar-refractivity contribution in [3.8, 4) is 0 Å². The van der Waals surface area contributed by atoms with Crippen molar-refractivity contribution in [1.82, 2.24) is 5.32 Å². The lowest BCUT2D eigenvalue weighted by Crippen LogP contribution is -2.29. The van der Waals surface area contributed by atoms with Gasteiger partial charge in [-0.05, 0) is 31.8 Å². The van der Waals surface area contributed by atoms with E-state index in [4.69, 9.17) is 4.74 Å². The Balaban J connectivity index is 3.30. The Morgan fingerprint density at radius 2 is 2.20 bits per heavy atom. The smallest absolute Gasteiger partial charge is 0.307 e. The molecule has 0 fully saturated rings. The SMILES string of the molecule is CCOC(=O)CCNC(C)CCSCC. The van der Waals surface area contributed by atoms with Gasteiger partial charge in [0.2, 0.25) is 0 Å². The summed E-state index contributed by atoms with van der Waals surface area (Å²) >= 11 is 1.95. The van der Waals surface area contributed by atoms with E-state index in [-0.39, 0.29) is 5.97 Å². The van der Waals surface area contributed by atoms with Crippen molar-refractivity contribution >= 4 is 17.7 Å². The van der Waals surface area contributed by atoms with Gasteiger partial charge >= 0.3 is 5.97 Å². The van der Waals surface area contributed by atoms with Crippen LogP contribution >= 0.6 is 11.8 Å². The minimum atomic E-state index is -0.111. The van der Waals surface area contributed by atoms with Crippen molar-refractivity contribution in [1.29, 1.82) is 0 Å². The van der Waals surface area contributed by atoms with Crippen LogP contribution in [-0.4, -0.2) is 36.7 Å². The Kier molecular flexibility index (Phi) is 10.2. The third-order valence-electron chi connectivity index (χ3n) is 2.03. The molecule has 1 atom stereocenters. The quantitative estimate of drug-likeness (QED) is 0.489.